The molecule has 0 atom stereocenters. The number of aromatic amines is 1. The van der Waals surface area contributed by atoms with Gasteiger partial charge >= 0.3 is 0 Å². The number of rotatable bonds is 5. The minimum atomic E-state index is -0.337. The largest absolute Gasteiger partial charge is 0.311 e. The van der Waals surface area contributed by atoms with E-state index in [1.807, 2.05) is 38.1 Å². The Kier molecular flexibility index (Phi) is 5.27. The van der Waals surface area contributed by atoms with Crippen LogP contribution >= 0.6 is 12.2 Å². The third-order valence-corrected chi connectivity index (χ3v) is 4.40. The van der Waals surface area contributed by atoms with Crippen molar-refractivity contribution in [3.8, 4) is 11.4 Å². The normalized spacial score (nSPS) is 10.7. The van der Waals surface area contributed by atoms with Gasteiger partial charge in [0, 0.05) is 17.8 Å². The molecule has 1 N–H and O–H groups in total. The summed E-state index contributed by atoms with van der Waals surface area (Å²) in [5.41, 5.74) is 2.62. The lowest BCUT2D eigenvalue weighted by Gasteiger charge is -2.21. The summed E-state index contributed by atoms with van der Waals surface area (Å²) >= 11 is 5.31. The van der Waals surface area contributed by atoms with Crippen molar-refractivity contribution in [2.75, 3.05) is 11.4 Å². The average molecular weight is 370 g/mol. The molecule has 134 valence electrons. The highest BCUT2D eigenvalue weighted by Gasteiger charge is 2.18. The molecule has 2 aromatic carbocycles. The fraction of sp³-hybridized carbons (Fsp3) is 0.211. The van der Waals surface area contributed by atoms with Crippen LogP contribution in [-0.4, -0.2) is 27.2 Å². The number of likely N-dealkylation sites (N-methyl/N-ethyl adjacent to an activating group) is 1. The quantitative estimate of drug-likeness (QED) is 0.688. The number of halogens is 1. The SMILES string of the molecule is CCN(C(=O)Cn1c(-c2cccc(C)c2)n[nH]c1=S)c1ccc(F)cc1. The first-order valence-electron chi connectivity index (χ1n) is 8.27. The molecule has 3 aromatic rings. The van der Waals surface area contributed by atoms with Gasteiger partial charge in [0.15, 0.2) is 10.6 Å². The Labute approximate surface area is 156 Å². The number of hydrogen-bond donors (Lipinski definition) is 1. The monoisotopic (exact) mass is 370 g/mol. The molecule has 0 bridgehead atoms. The molecule has 0 aliphatic rings. The number of benzene rings is 2. The predicted octanol–water partition coefficient (Wildman–Crippen LogP) is 4.11. The lowest BCUT2D eigenvalue weighted by Crippen LogP contribution is -2.33. The summed E-state index contributed by atoms with van der Waals surface area (Å²) in [7, 11) is 0. The maximum Gasteiger partial charge on any atom is 0.247 e. The zero-order chi connectivity index (χ0) is 18.7. The second kappa shape index (κ2) is 7.61. The number of anilines is 1. The minimum Gasteiger partial charge on any atom is -0.311 e. The maximum atomic E-state index is 13.2. The molecule has 0 fully saturated rings. The summed E-state index contributed by atoms with van der Waals surface area (Å²) in [5.74, 6) is 0.128. The highest BCUT2D eigenvalue weighted by Crippen LogP contribution is 2.20. The van der Waals surface area contributed by atoms with Crippen molar-refractivity contribution < 1.29 is 9.18 Å². The molecule has 0 aliphatic carbocycles. The number of aryl methyl sites for hydroxylation is 1. The fourth-order valence-electron chi connectivity index (χ4n) is 2.81. The second-order valence-electron chi connectivity index (χ2n) is 5.92. The summed E-state index contributed by atoms with van der Waals surface area (Å²) in [4.78, 5) is 14.4. The van der Waals surface area contributed by atoms with Crippen molar-refractivity contribution in [3.05, 3.63) is 64.7 Å². The van der Waals surface area contributed by atoms with E-state index in [1.54, 1.807) is 21.6 Å². The van der Waals surface area contributed by atoms with Crippen molar-refractivity contribution in [1.82, 2.24) is 14.8 Å². The number of nitrogens with zero attached hydrogens (tertiary/aromatic N) is 3. The smallest absolute Gasteiger partial charge is 0.247 e. The molecule has 5 nitrogen and oxygen atoms in total. The van der Waals surface area contributed by atoms with Crippen LogP contribution in [0.25, 0.3) is 11.4 Å². The second-order valence-corrected chi connectivity index (χ2v) is 6.31. The standard InChI is InChI=1S/C19H19FN4OS/c1-3-23(16-9-7-15(20)8-10-16)17(25)12-24-18(21-22-19(24)26)14-6-4-5-13(2)11-14/h4-11H,3,12H2,1-2H3,(H,22,26). The molecule has 0 unspecified atom stereocenters. The molecule has 1 heterocycles. The van der Waals surface area contributed by atoms with E-state index < -0.39 is 0 Å². The van der Waals surface area contributed by atoms with E-state index in [1.165, 1.54) is 12.1 Å². The van der Waals surface area contributed by atoms with E-state index in [4.69, 9.17) is 12.2 Å². The molecular weight excluding hydrogens is 351 g/mol. The van der Waals surface area contributed by atoms with Gasteiger partial charge in [0.1, 0.15) is 12.4 Å². The molecular formula is C19H19FN4OS. The molecule has 1 aromatic heterocycles. The van der Waals surface area contributed by atoms with Crippen LogP contribution in [0.1, 0.15) is 12.5 Å². The molecule has 3 rings (SSSR count). The Hall–Kier alpha value is -2.80. The highest BCUT2D eigenvalue weighted by atomic mass is 32.1. The Bertz CT molecular complexity index is 978. The lowest BCUT2D eigenvalue weighted by atomic mass is 10.1. The van der Waals surface area contributed by atoms with Gasteiger partial charge in [-0.25, -0.2) is 4.39 Å². The van der Waals surface area contributed by atoms with E-state index in [9.17, 15) is 9.18 Å². The van der Waals surface area contributed by atoms with Crippen LogP contribution in [-0.2, 0) is 11.3 Å². The van der Waals surface area contributed by atoms with E-state index in [2.05, 4.69) is 10.2 Å². The average Bonchev–Trinajstić information content (AvgIpc) is 2.98. The number of amides is 1. The van der Waals surface area contributed by atoms with Gasteiger partial charge in [-0.05, 0) is 56.4 Å². The van der Waals surface area contributed by atoms with Gasteiger partial charge < -0.3 is 4.90 Å². The third-order valence-electron chi connectivity index (χ3n) is 4.08. The summed E-state index contributed by atoms with van der Waals surface area (Å²) in [5, 5.41) is 7.04. The van der Waals surface area contributed by atoms with Crippen molar-refractivity contribution >= 4 is 23.8 Å². The first-order valence-corrected chi connectivity index (χ1v) is 8.68. The molecule has 1 amide bonds. The van der Waals surface area contributed by atoms with Crippen LogP contribution in [0.4, 0.5) is 10.1 Å². The number of H-pyrrole nitrogens is 1. The van der Waals surface area contributed by atoms with Gasteiger partial charge in [0.2, 0.25) is 5.91 Å². The number of hydrogen-bond acceptors (Lipinski definition) is 3. The van der Waals surface area contributed by atoms with Gasteiger partial charge in [-0.2, -0.15) is 5.10 Å². The van der Waals surface area contributed by atoms with Crippen molar-refractivity contribution in [1.29, 1.82) is 0 Å². The highest BCUT2D eigenvalue weighted by molar-refractivity contribution is 7.71. The number of carbonyl (C=O) groups is 1. The summed E-state index contributed by atoms with van der Waals surface area (Å²) in [6.07, 6.45) is 0. The molecule has 0 aliphatic heterocycles. The molecule has 0 saturated heterocycles. The summed E-state index contributed by atoms with van der Waals surface area (Å²) in [6.45, 7) is 4.38. The minimum absolute atomic E-state index is 0.0455. The Balaban J connectivity index is 1.91. The maximum absolute atomic E-state index is 13.2. The van der Waals surface area contributed by atoms with E-state index in [0.29, 0.717) is 22.8 Å². The van der Waals surface area contributed by atoms with Crippen molar-refractivity contribution in [2.45, 2.75) is 20.4 Å². The molecule has 0 spiro atoms. The van der Waals surface area contributed by atoms with Crippen LogP contribution in [0, 0.1) is 17.5 Å². The van der Waals surface area contributed by atoms with Crippen LogP contribution in [0.2, 0.25) is 0 Å². The topological polar surface area (TPSA) is 53.9 Å². The van der Waals surface area contributed by atoms with Gasteiger partial charge in [0.05, 0.1) is 0 Å². The van der Waals surface area contributed by atoms with E-state index in [0.717, 1.165) is 11.1 Å². The fourth-order valence-corrected chi connectivity index (χ4v) is 3.01. The zero-order valence-corrected chi connectivity index (χ0v) is 15.4. The predicted molar refractivity (Wildman–Crippen MR) is 102 cm³/mol. The van der Waals surface area contributed by atoms with E-state index in [-0.39, 0.29) is 18.3 Å². The number of nitrogens with one attached hydrogen (secondary N) is 1. The Morgan fingerprint density at radius 3 is 2.65 bits per heavy atom. The molecule has 7 heteroatoms. The molecule has 0 radical (unpaired) electrons. The first kappa shape index (κ1) is 18.0. The van der Waals surface area contributed by atoms with Gasteiger partial charge in [0.25, 0.3) is 0 Å². The summed E-state index contributed by atoms with van der Waals surface area (Å²) < 4.78 is 15.2. The Morgan fingerprint density at radius 2 is 2.00 bits per heavy atom. The number of carbonyl (C=O) groups excluding carboxylic acids is 1. The Morgan fingerprint density at radius 1 is 1.27 bits per heavy atom. The van der Waals surface area contributed by atoms with Crippen molar-refractivity contribution in [2.24, 2.45) is 0 Å². The summed E-state index contributed by atoms with van der Waals surface area (Å²) in [6, 6.07) is 13.7. The van der Waals surface area contributed by atoms with Crippen LogP contribution in [0.3, 0.4) is 0 Å². The zero-order valence-electron chi connectivity index (χ0n) is 14.6. The number of aromatic nitrogens is 3. The van der Waals surface area contributed by atoms with Crippen LogP contribution in [0.5, 0.6) is 0 Å². The van der Waals surface area contributed by atoms with E-state index >= 15 is 0 Å². The lowest BCUT2D eigenvalue weighted by molar-refractivity contribution is -0.119. The molecule has 0 saturated carbocycles. The van der Waals surface area contributed by atoms with Gasteiger partial charge in [-0.15, -0.1) is 0 Å². The van der Waals surface area contributed by atoms with Crippen LogP contribution < -0.4 is 4.90 Å². The molecule has 26 heavy (non-hydrogen) atoms. The van der Waals surface area contributed by atoms with Gasteiger partial charge in [-0.1, -0.05) is 23.8 Å². The van der Waals surface area contributed by atoms with Crippen molar-refractivity contribution in [3.63, 3.8) is 0 Å². The van der Waals surface area contributed by atoms with Gasteiger partial charge in [-0.3, -0.25) is 14.5 Å². The third kappa shape index (κ3) is 3.72. The first-order chi connectivity index (χ1) is 12.5. The van der Waals surface area contributed by atoms with Crippen LogP contribution in [0.15, 0.2) is 48.5 Å².